The Balaban J connectivity index is 1.49. The summed E-state index contributed by atoms with van der Waals surface area (Å²) in [5.74, 6) is -0.267. The molecule has 7 nitrogen and oxygen atoms in total. The third-order valence-corrected chi connectivity index (χ3v) is 9.47. The molecule has 36 heavy (non-hydrogen) atoms. The third-order valence-electron chi connectivity index (χ3n) is 6.11. The number of hydrogen-bond donors (Lipinski definition) is 0. The van der Waals surface area contributed by atoms with Gasteiger partial charge < -0.3 is 4.74 Å². The van der Waals surface area contributed by atoms with Crippen molar-refractivity contribution in [3.63, 3.8) is 0 Å². The molecule has 3 aromatic carbocycles. The van der Waals surface area contributed by atoms with E-state index in [-0.39, 0.29) is 10.8 Å². The van der Waals surface area contributed by atoms with Crippen LogP contribution in [0.5, 0.6) is 0 Å². The second-order valence-corrected chi connectivity index (χ2v) is 11.8. The summed E-state index contributed by atoms with van der Waals surface area (Å²) >= 11 is 7.71. The fourth-order valence-corrected chi connectivity index (χ4v) is 6.64. The van der Waals surface area contributed by atoms with Gasteiger partial charge >= 0.3 is 0 Å². The molecule has 186 valence electrons. The number of aryl methyl sites for hydroxylation is 1. The Hall–Kier alpha value is -2.82. The van der Waals surface area contributed by atoms with Gasteiger partial charge in [-0.2, -0.15) is 4.31 Å². The molecule has 0 spiro atoms. The monoisotopic (exact) mass is 541 g/mol. The maximum atomic E-state index is 13.7. The lowest BCUT2D eigenvalue weighted by atomic mass is 10.1. The average Bonchev–Trinajstić information content (AvgIpc) is 3.35. The van der Waals surface area contributed by atoms with Gasteiger partial charge in [-0.3, -0.25) is 9.69 Å². The number of carbonyl (C=O) groups is 1. The second-order valence-electron chi connectivity index (χ2n) is 8.43. The highest BCUT2D eigenvalue weighted by molar-refractivity contribution is 7.89. The standard InChI is InChI=1S/C26H24ClN3O4S2/c1-18-22(27)11-12-23-24(18)28-26(35-23)30(17-19-5-3-2-4-6-19)25(31)20-7-9-21(10-8-20)36(32,33)29-13-15-34-16-14-29/h2-12H,13-17H2,1H3. The minimum atomic E-state index is -3.65. The predicted octanol–water partition coefficient (Wildman–Crippen LogP) is 5.13. The van der Waals surface area contributed by atoms with Crippen LogP contribution in [0, 0.1) is 6.92 Å². The molecule has 0 unspecified atom stereocenters. The summed E-state index contributed by atoms with van der Waals surface area (Å²) < 4.78 is 33.6. The molecule has 1 amide bonds. The van der Waals surface area contributed by atoms with Gasteiger partial charge in [0.15, 0.2) is 5.13 Å². The molecule has 0 aliphatic carbocycles. The van der Waals surface area contributed by atoms with E-state index in [2.05, 4.69) is 0 Å². The molecular formula is C26H24ClN3O4S2. The van der Waals surface area contributed by atoms with Crippen LogP contribution in [0.4, 0.5) is 5.13 Å². The lowest BCUT2D eigenvalue weighted by Crippen LogP contribution is -2.40. The Kier molecular flexibility index (Phi) is 7.09. The van der Waals surface area contributed by atoms with E-state index in [1.807, 2.05) is 49.4 Å². The first-order valence-electron chi connectivity index (χ1n) is 11.4. The van der Waals surface area contributed by atoms with Crippen LogP contribution >= 0.6 is 22.9 Å². The maximum Gasteiger partial charge on any atom is 0.260 e. The molecule has 0 bridgehead atoms. The Morgan fingerprint density at radius 3 is 2.44 bits per heavy atom. The van der Waals surface area contributed by atoms with Crippen LogP contribution < -0.4 is 4.90 Å². The lowest BCUT2D eigenvalue weighted by Gasteiger charge is -2.26. The number of fused-ring (bicyclic) bond motifs is 1. The molecule has 0 atom stereocenters. The number of ether oxygens (including phenoxy) is 1. The van der Waals surface area contributed by atoms with Crippen LogP contribution in [0.25, 0.3) is 10.2 Å². The van der Waals surface area contributed by atoms with E-state index in [4.69, 9.17) is 21.3 Å². The van der Waals surface area contributed by atoms with Crippen LogP contribution in [0.1, 0.15) is 21.5 Å². The van der Waals surface area contributed by atoms with Crippen LogP contribution in [0.15, 0.2) is 71.6 Å². The van der Waals surface area contributed by atoms with Gasteiger partial charge in [-0.15, -0.1) is 0 Å². The van der Waals surface area contributed by atoms with Gasteiger partial charge in [0.25, 0.3) is 5.91 Å². The van der Waals surface area contributed by atoms with Crippen molar-refractivity contribution in [1.29, 1.82) is 0 Å². The topological polar surface area (TPSA) is 79.8 Å². The van der Waals surface area contributed by atoms with Gasteiger partial charge in [0.2, 0.25) is 10.0 Å². The quantitative estimate of drug-likeness (QED) is 0.338. The molecule has 4 aromatic rings. The number of aromatic nitrogens is 1. The van der Waals surface area contributed by atoms with Gasteiger partial charge in [0, 0.05) is 23.7 Å². The van der Waals surface area contributed by atoms with E-state index in [1.165, 1.54) is 27.8 Å². The smallest absolute Gasteiger partial charge is 0.260 e. The molecule has 10 heteroatoms. The van der Waals surface area contributed by atoms with E-state index in [0.717, 1.165) is 21.3 Å². The molecule has 1 aromatic heterocycles. The molecule has 1 fully saturated rings. The average molecular weight is 542 g/mol. The third kappa shape index (κ3) is 4.89. The first kappa shape index (κ1) is 24.9. The van der Waals surface area contributed by atoms with Crippen LogP contribution in [0.2, 0.25) is 5.02 Å². The Morgan fingerprint density at radius 2 is 1.75 bits per heavy atom. The zero-order valence-electron chi connectivity index (χ0n) is 19.6. The first-order chi connectivity index (χ1) is 17.3. The number of morpholine rings is 1. The van der Waals surface area contributed by atoms with Crippen molar-refractivity contribution in [2.24, 2.45) is 0 Å². The van der Waals surface area contributed by atoms with Gasteiger partial charge in [-0.25, -0.2) is 13.4 Å². The number of anilines is 1. The zero-order chi connectivity index (χ0) is 25.3. The number of thiazole rings is 1. The predicted molar refractivity (Wildman–Crippen MR) is 142 cm³/mol. The second kappa shape index (κ2) is 10.3. The summed E-state index contributed by atoms with van der Waals surface area (Å²) in [5.41, 5.74) is 2.95. The van der Waals surface area contributed by atoms with E-state index in [1.54, 1.807) is 17.0 Å². The molecule has 1 aliphatic heterocycles. The number of rotatable bonds is 6. The normalized spacial score (nSPS) is 14.7. The summed E-state index contributed by atoms with van der Waals surface area (Å²) in [6.45, 7) is 3.60. The summed E-state index contributed by atoms with van der Waals surface area (Å²) in [6, 6.07) is 19.5. The highest BCUT2D eigenvalue weighted by Gasteiger charge is 2.27. The molecule has 0 N–H and O–H groups in total. The van der Waals surface area contributed by atoms with Gasteiger partial charge in [-0.05, 0) is 54.4 Å². The zero-order valence-corrected chi connectivity index (χ0v) is 21.9. The van der Waals surface area contributed by atoms with Crippen molar-refractivity contribution in [3.05, 3.63) is 88.4 Å². The lowest BCUT2D eigenvalue weighted by molar-refractivity contribution is 0.0730. The SMILES string of the molecule is Cc1c(Cl)ccc2sc(N(Cc3ccccc3)C(=O)c3ccc(S(=O)(=O)N4CCOCC4)cc3)nc12. The molecule has 0 saturated carbocycles. The molecule has 2 heterocycles. The fourth-order valence-electron chi connectivity index (χ4n) is 4.06. The highest BCUT2D eigenvalue weighted by atomic mass is 35.5. The Labute approximate surface area is 218 Å². The van der Waals surface area contributed by atoms with Crippen LogP contribution in [0.3, 0.4) is 0 Å². The van der Waals surface area contributed by atoms with Crippen molar-refractivity contribution in [1.82, 2.24) is 9.29 Å². The fraction of sp³-hybridized carbons (Fsp3) is 0.231. The molecule has 1 saturated heterocycles. The molecule has 5 rings (SSSR count). The summed E-state index contributed by atoms with van der Waals surface area (Å²) in [4.78, 5) is 20.3. The van der Waals surface area contributed by atoms with E-state index >= 15 is 0 Å². The first-order valence-corrected chi connectivity index (χ1v) is 14.1. The number of sulfonamides is 1. The van der Waals surface area contributed by atoms with E-state index in [0.29, 0.717) is 48.6 Å². The Bertz CT molecular complexity index is 1500. The van der Waals surface area contributed by atoms with Crippen molar-refractivity contribution in [3.8, 4) is 0 Å². The number of nitrogens with zero attached hydrogens (tertiary/aromatic N) is 3. The number of benzene rings is 3. The van der Waals surface area contributed by atoms with Crippen LogP contribution in [-0.4, -0.2) is 49.9 Å². The minimum Gasteiger partial charge on any atom is -0.379 e. The van der Waals surface area contributed by atoms with Crippen molar-refractivity contribution < 1.29 is 17.9 Å². The Morgan fingerprint density at radius 1 is 1.06 bits per heavy atom. The summed E-state index contributed by atoms with van der Waals surface area (Å²) in [5, 5.41) is 1.17. The number of halogens is 1. The maximum absolute atomic E-state index is 13.7. The highest BCUT2D eigenvalue weighted by Crippen LogP contribution is 2.35. The number of hydrogen-bond acceptors (Lipinski definition) is 6. The number of amides is 1. The largest absolute Gasteiger partial charge is 0.379 e. The van der Waals surface area contributed by atoms with Gasteiger partial charge in [0.1, 0.15) is 0 Å². The molecular weight excluding hydrogens is 518 g/mol. The van der Waals surface area contributed by atoms with Crippen molar-refractivity contribution in [2.75, 3.05) is 31.2 Å². The minimum absolute atomic E-state index is 0.154. The van der Waals surface area contributed by atoms with Gasteiger partial charge in [-0.1, -0.05) is 53.3 Å². The molecule has 1 aliphatic rings. The molecule has 0 radical (unpaired) electrons. The van der Waals surface area contributed by atoms with Crippen molar-refractivity contribution >= 4 is 54.2 Å². The van der Waals surface area contributed by atoms with E-state index in [9.17, 15) is 13.2 Å². The van der Waals surface area contributed by atoms with Crippen molar-refractivity contribution in [2.45, 2.75) is 18.4 Å². The summed E-state index contributed by atoms with van der Waals surface area (Å²) in [7, 11) is -3.65. The van der Waals surface area contributed by atoms with E-state index < -0.39 is 10.0 Å². The summed E-state index contributed by atoms with van der Waals surface area (Å²) in [6.07, 6.45) is 0. The van der Waals surface area contributed by atoms with Gasteiger partial charge in [0.05, 0.1) is 34.9 Å². The van der Waals surface area contributed by atoms with Crippen LogP contribution in [-0.2, 0) is 21.3 Å². The number of carbonyl (C=O) groups excluding carboxylic acids is 1.